The molecule has 0 saturated carbocycles. The molecule has 0 amide bonds. The van der Waals surface area contributed by atoms with Crippen molar-refractivity contribution in [3.05, 3.63) is 52.8 Å². The van der Waals surface area contributed by atoms with Gasteiger partial charge in [0.15, 0.2) is 5.75 Å². The van der Waals surface area contributed by atoms with Crippen LogP contribution in [-0.4, -0.2) is 80.4 Å². The van der Waals surface area contributed by atoms with E-state index in [2.05, 4.69) is 10.3 Å². The molecular formula is C38H48N2O11. The number of aliphatic hydroxyl groups is 2. The van der Waals surface area contributed by atoms with E-state index >= 15 is 0 Å². The van der Waals surface area contributed by atoms with Crippen LogP contribution in [0.3, 0.4) is 0 Å². The van der Waals surface area contributed by atoms with Crippen LogP contribution in [0.5, 0.6) is 23.0 Å². The molecule has 7 rings (SSSR count). The number of esters is 1. The highest BCUT2D eigenvalue weighted by Crippen LogP contribution is 2.55. The van der Waals surface area contributed by atoms with Gasteiger partial charge in [-0.1, -0.05) is 45.9 Å². The van der Waals surface area contributed by atoms with Crippen molar-refractivity contribution >= 4 is 34.0 Å². The number of rotatable bonds is 2. The lowest BCUT2D eigenvalue weighted by Crippen LogP contribution is -2.46. The fourth-order valence-electron chi connectivity index (χ4n) is 7.27. The number of aromatic hydroxyl groups is 3. The minimum atomic E-state index is -1.95. The number of methoxy groups -OCH3 is 1. The SMILES string of the molecule is CO[C@H]1/C=C\O[C@@]2(C)Oc3c(C)c(O)c4c(O)c5c(c(O)c4c3C2=O)CN=C(N5)/C(C)=C\C=C/[C@H](C)[C@H](O)[C@@H](C)[C@@H](O)[C@@H](C)[C@H](OC(C)=O)[C@@H]1C. The lowest BCUT2D eigenvalue weighted by molar-refractivity contribution is -0.160. The molecule has 0 radical (unpaired) electrons. The van der Waals surface area contributed by atoms with Gasteiger partial charge in [-0.25, -0.2) is 0 Å². The molecular weight excluding hydrogens is 660 g/mol. The number of fused-ring (bicyclic) bond motifs is 1. The Morgan fingerprint density at radius 1 is 0.980 bits per heavy atom. The van der Waals surface area contributed by atoms with Gasteiger partial charge >= 0.3 is 11.8 Å². The molecule has 5 aliphatic heterocycles. The van der Waals surface area contributed by atoms with Crippen LogP contribution in [0.15, 0.2) is 41.1 Å². The standard InChI is InChI=1S/C38H48N2O11/c1-16-11-10-12-17(2)37-39-15-23-28(40-37)33(46)26-25(32(23)45)27-35(21(6)31(26)44)51-38(8,36(27)47)49-14-13-24(48-9)18(3)34(50-22(7)41)20(5)30(43)19(4)29(16)42/h10-14,16,18-20,24,29-30,34,42-46H,15H2,1-9H3,(H,39,40)/b11-10-,14-13-,17-12-/t16-,18+,19+,20+,24-,29-,30+,34+,38-/m0/s1. The van der Waals surface area contributed by atoms with Crippen LogP contribution >= 0.6 is 0 Å². The normalized spacial score (nSPS) is 33.5. The van der Waals surface area contributed by atoms with Crippen molar-refractivity contribution in [3.8, 4) is 23.0 Å². The molecule has 13 heteroatoms. The average Bonchev–Trinajstić information content (AvgIpc) is 3.36. The monoisotopic (exact) mass is 708 g/mol. The third-order valence-electron chi connectivity index (χ3n) is 10.5. The molecule has 0 saturated heterocycles. The summed E-state index contributed by atoms with van der Waals surface area (Å²) in [7, 11) is 1.45. The third-order valence-corrected chi connectivity index (χ3v) is 10.5. The number of allylic oxidation sites excluding steroid dienone is 2. The number of phenols is 3. The van der Waals surface area contributed by atoms with Gasteiger partial charge in [-0.15, -0.1) is 0 Å². The molecule has 51 heavy (non-hydrogen) atoms. The number of anilines is 1. The van der Waals surface area contributed by atoms with Gasteiger partial charge in [-0.05, 0) is 25.5 Å². The van der Waals surface area contributed by atoms with Gasteiger partial charge in [0.05, 0.1) is 47.8 Å². The van der Waals surface area contributed by atoms with Crippen LogP contribution in [0.25, 0.3) is 10.8 Å². The summed E-state index contributed by atoms with van der Waals surface area (Å²) >= 11 is 0. The highest BCUT2D eigenvalue weighted by atomic mass is 16.7. The minimum Gasteiger partial charge on any atom is -0.507 e. The van der Waals surface area contributed by atoms with Crippen LogP contribution in [0, 0.1) is 30.6 Å². The van der Waals surface area contributed by atoms with Crippen molar-refractivity contribution in [1.29, 1.82) is 0 Å². The summed E-state index contributed by atoms with van der Waals surface area (Å²) < 4.78 is 23.4. The third kappa shape index (κ3) is 6.54. The summed E-state index contributed by atoms with van der Waals surface area (Å²) in [4.78, 5) is 30.9. The predicted molar refractivity (Wildman–Crippen MR) is 190 cm³/mol. The molecule has 0 spiro atoms. The van der Waals surface area contributed by atoms with Gasteiger partial charge in [0, 0.05) is 61.1 Å². The predicted octanol–water partition coefficient (Wildman–Crippen LogP) is 5.14. The maximum atomic E-state index is 14.1. The largest absolute Gasteiger partial charge is 0.507 e. The first-order chi connectivity index (χ1) is 23.9. The highest BCUT2D eigenvalue weighted by Gasteiger charge is 2.50. The Morgan fingerprint density at radius 3 is 2.31 bits per heavy atom. The van der Waals surface area contributed by atoms with Crippen molar-refractivity contribution < 1.29 is 54.1 Å². The maximum absolute atomic E-state index is 14.1. The van der Waals surface area contributed by atoms with E-state index in [4.69, 9.17) is 18.9 Å². The number of amidine groups is 1. The summed E-state index contributed by atoms with van der Waals surface area (Å²) in [5, 5.41) is 60.0. The smallest absolute Gasteiger partial charge is 0.312 e. The molecule has 6 N–H and O–H groups in total. The Bertz CT molecular complexity index is 1860. The number of hydrogen-bond donors (Lipinski definition) is 6. The van der Waals surface area contributed by atoms with Crippen LogP contribution in [-0.2, 0) is 25.5 Å². The maximum Gasteiger partial charge on any atom is 0.312 e. The molecule has 9 atom stereocenters. The number of nitrogens with one attached hydrogen (secondary N) is 1. The van der Waals surface area contributed by atoms with Crippen molar-refractivity contribution in [2.75, 3.05) is 12.4 Å². The minimum absolute atomic E-state index is 0.0143. The number of nitrogens with zero attached hydrogens (tertiary/aromatic N) is 1. The van der Waals surface area contributed by atoms with Gasteiger partial charge in [-0.3, -0.25) is 14.6 Å². The topological polar surface area (TPSA) is 197 Å². The molecule has 5 aliphatic rings. The second kappa shape index (κ2) is 14.2. The second-order valence-corrected chi connectivity index (χ2v) is 14.0. The number of benzene rings is 2. The summed E-state index contributed by atoms with van der Waals surface area (Å²) in [5.41, 5.74) is 1.09. The number of Topliss-reactive ketones (excluding diaryl/α,β-unsaturated/α-hetero) is 1. The van der Waals surface area contributed by atoms with E-state index in [-0.39, 0.29) is 68.6 Å². The zero-order valence-electron chi connectivity index (χ0n) is 30.3. The fourth-order valence-corrected chi connectivity index (χ4v) is 7.27. The summed E-state index contributed by atoms with van der Waals surface area (Å²) in [6.45, 7) is 13.0. The van der Waals surface area contributed by atoms with Gasteiger partial charge in [0.2, 0.25) is 0 Å². The molecule has 2 aromatic rings. The Balaban J connectivity index is 1.66. The van der Waals surface area contributed by atoms with Crippen molar-refractivity contribution in [2.45, 2.75) is 92.1 Å². The number of hydrogen-bond acceptors (Lipinski definition) is 13. The van der Waals surface area contributed by atoms with Crippen molar-refractivity contribution in [1.82, 2.24) is 0 Å². The van der Waals surface area contributed by atoms with E-state index in [1.807, 2.05) is 6.92 Å². The van der Waals surface area contributed by atoms with Crippen LogP contribution in [0.2, 0.25) is 0 Å². The first kappa shape index (κ1) is 37.7. The van der Waals surface area contributed by atoms with Gasteiger partial charge in [-0.2, -0.15) is 0 Å². The number of carbonyl (C=O) groups excluding carboxylic acids is 2. The lowest BCUT2D eigenvalue weighted by atomic mass is 9.78. The molecule has 2 aromatic carbocycles. The molecule has 276 valence electrons. The van der Waals surface area contributed by atoms with E-state index in [1.54, 1.807) is 45.9 Å². The van der Waals surface area contributed by atoms with E-state index < -0.39 is 59.7 Å². The van der Waals surface area contributed by atoms with Crippen LogP contribution in [0.4, 0.5) is 5.69 Å². The molecule has 13 nitrogen and oxygen atoms in total. The van der Waals surface area contributed by atoms with Crippen LogP contribution < -0.4 is 10.1 Å². The van der Waals surface area contributed by atoms with Gasteiger partial charge in [0.25, 0.3) is 5.78 Å². The summed E-state index contributed by atoms with van der Waals surface area (Å²) in [5.74, 6) is -6.11. The number of phenolic OH excluding ortho intramolecular Hbond substituents is 3. The average molecular weight is 709 g/mol. The number of ether oxygens (including phenoxy) is 4. The molecule has 0 unspecified atom stereocenters. The first-order valence-electron chi connectivity index (χ1n) is 17.0. The first-order valence-corrected chi connectivity index (χ1v) is 17.0. The molecule has 5 heterocycles. The zero-order valence-corrected chi connectivity index (χ0v) is 30.3. The van der Waals surface area contributed by atoms with Gasteiger partial charge in [0.1, 0.15) is 29.2 Å². The summed E-state index contributed by atoms with van der Waals surface area (Å²) in [6, 6.07) is 0. The zero-order chi connectivity index (χ0) is 37.7. The van der Waals surface area contributed by atoms with E-state index in [0.717, 1.165) is 0 Å². The Labute approximate surface area is 296 Å². The summed E-state index contributed by atoms with van der Waals surface area (Å²) in [6.07, 6.45) is 4.43. The van der Waals surface area contributed by atoms with E-state index in [1.165, 1.54) is 40.2 Å². The highest BCUT2D eigenvalue weighted by molar-refractivity contribution is 6.22. The van der Waals surface area contributed by atoms with Gasteiger partial charge < -0.3 is 49.8 Å². The Hall–Kier alpha value is -4.59. The Kier molecular flexibility index (Phi) is 10.5. The number of aliphatic hydroxyl groups excluding tert-OH is 2. The molecule has 0 aliphatic carbocycles. The number of aliphatic imine (C=N–C) groups is 1. The quantitative estimate of drug-likeness (QED) is 0.137. The molecule has 7 bridgehead atoms. The number of carbonyl (C=O) groups is 2. The lowest BCUT2D eigenvalue weighted by Gasteiger charge is -2.38. The second-order valence-electron chi connectivity index (χ2n) is 14.0. The fraction of sp³-hybridized carbons (Fsp3) is 0.500. The van der Waals surface area contributed by atoms with Crippen LogP contribution in [0.1, 0.15) is 70.0 Å². The van der Waals surface area contributed by atoms with Crippen molar-refractivity contribution in [2.24, 2.45) is 28.7 Å². The molecule has 0 aromatic heterocycles. The van der Waals surface area contributed by atoms with Crippen molar-refractivity contribution in [3.63, 3.8) is 0 Å². The molecule has 0 fully saturated rings. The number of ketones is 1. The Morgan fingerprint density at radius 2 is 1.67 bits per heavy atom. The van der Waals surface area contributed by atoms with E-state index in [9.17, 15) is 35.1 Å². The van der Waals surface area contributed by atoms with E-state index in [0.29, 0.717) is 11.4 Å².